The molecular formula is C18H17N3O2. The lowest BCUT2D eigenvalue weighted by Crippen LogP contribution is -2.24. The molecule has 1 aromatic heterocycles. The summed E-state index contributed by atoms with van der Waals surface area (Å²) in [5.41, 5.74) is 2.25. The molecule has 0 bridgehead atoms. The van der Waals surface area contributed by atoms with Gasteiger partial charge in [-0.25, -0.2) is 4.99 Å². The fourth-order valence-corrected chi connectivity index (χ4v) is 2.33. The fraction of sp³-hybridized carbons (Fsp3) is 0.167. The average Bonchev–Trinajstić information content (AvgIpc) is 2.94. The maximum absolute atomic E-state index is 12.0. The number of nitrogens with one attached hydrogen (secondary N) is 1. The van der Waals surface area contributed by atoms with Gasteiger partial charge >= 0.3 is 0 Å². The lowest BCUT2D eigenvalue weighted by atomic mass is 10.1. The van der Waals surface area contributed by atoms with Crippen LogP contribution < -0.4 is 10.1 Å². The van der Waals surface area contributed by atoms with Gasteiger partial charge in [-0.1, -0.05) is 18.2 Å². The van der Waals surface area contributed by atoms with Gasteiger partial charge in [-0.3, -0.25) is 9.78 Å². The first-order valence-electron chi connectivity index (χ1n) is 7.39. The Balaban J connectivity index is 1.68. The molecule has 0 aliphatic carbocycles. The van der Waals surface area contributed by atoms with Crippen molar-refractivity contribution < 1.29 is 9.53 Å². The van der Waals surface area contributed by atoms with E-state index in [9.17, 15) is 4.79 Å². The summed E-state index contributed by atoms with van der Waals surface area (Å²) < 4.78 is 5.21. The number of aryl methyl sites for hydroxylation is 1. The maximum atomic E-state index is 12.0. The first-order chi connectivity index (χ1) is 11.2. The Hall–Kier alpha value is -2.95. The zero-order valence-electron chi connectivity index (χ0n) is 12.8. The molecule has 0 unspecified atom stereocenters. The van der Waals surface area contributed by atoms with Crippen molar-refractivity contribution in [2.75, 3.05) is 7.11 Å². The van der Waals surface area contributed by atoms with E-state index < -0.39 is 0 Å². The Kier molecular flexibility index (Phi) is 4.47. The van der Waals surface area contributed by atoms with Gasteiger partial charge in [-0.05, 0) is 42.3 Å². The van der Waals surface area contributed by atoms with Crippen LogP contribution in [0.25, 0.3) is 6.08 Å². The Morgan fingerprint density at radius 1 is 1.17 bits per heavy atom. The Bertz CT molecular complexity index is 767. The highest BCUT2D eigenvalue weighted by Crippen LogP contribution is 2.16. The summed E-state index contributed by atoms with van der Waals surface area (Å²) in [5, 5.41) is 2.81. The highest BCUT2D eigenvalue weighted by atomic mass is 16.5. The van der Waals surface area contributed by atoms with Crippen LogP contribution in [0.2, 0.25) is 0 Å². The van der Waals surface area contributed by atoms with Crippen molar-refractivity contribution in [2.45, 2.75) is 12.8 Å². The van der Waals surface area contributed by atoms with E-state index in [-0.39, 0.29) is 5.91 Å². The molecule has 3 rings (SSSR count). The van der Waals surface area contributed by atoms with E-state index in [2.05, 4.69) is 15.3 Å². The molecule has 0 spiro atoms. The first kappa shape index (κ1) is 15.0. The second kappa shape index (κ2) is 6.87. The third-order valence-corrected chi connectivity index (χ3v) is 3.50. The van der Waals surface area contributed by atoms with Crippen LogP contribution in [0.4, 0.5) is 0 Å². The molecule has 0 radical (unpaired) electrons. The summed E-state index contributed by atoms with van der Waals surface area (Å²) in [4.78, 5) is 20.5. The number of benzene rings is 1. The quantitative estimate of drug-likeness (QED) is 0.864. The van der Waals surface area contributed by atoms with Gasteiger partial charge < -0.3 is 10.1 Å². The standard InChI is InChI=1S/C18H17N3O2/c1-23-15-7-4-5-13(11-15)8-9-17-20-16(18(22)21-17)12-14-6-2-3-10-19-14/h2-7,10-12H,8-9H2,1H3,(H,20,21,22)/b16-12+. The molecule has 1 amide bonds. The molecule has 2 heterocycles. The molecule has 1 N–H and O–H groups in total. The maximum Gasteiger partial charge on any atom is 0.275 e. The average molecular weight is 307 g/mol. The molecule has 116 valence electrons. The van der Waals surface area contributed by atoms with E-state index in [4.69, 9.17) is 4.74 Å². The molecule has 0 saturated heterocycles. The second-order valence-corrected chi connectivity index (χ2v) is 5.15. The van der Waals surface area contributed by atoms with Crippen LogP contribution in [0.15, 0.2) is 59.4 Å². The third-order valence-electron chi connectivity index (χ3n) is 3.50. The number of hydrogen-bond donors (Lipinski definition) is 1. The van der Waals surface area contributed by atoms with Crippen LogP contribution in [0.5, 0.6) is 5.75 Å². The molecule has 1 aromatic carbocycles. The summed E-state index contributed by atoms with van der Waals surface area (Å²) in [7, 11) is 1.65. The monoisotopic (exact) mass is 307 g/mol. The molecule has 5 nitrogen and oxygen atoms in total. The number of aromatic nitrogens is 1. The first-order valence-corrected chi connectivity index (χ1v) is 7.39. The highest BCUT2D eigenvalue weighted by molar-refractivity contribution is 6.14. The molecule has 2 aromatic rings. The van der Waals surface area contributed by atoms with Crippen LogP contribution in [0.1, 0.15) is 17.7 Å². The van der Waals surface area contributed by atoms with Crippen molar-refractivity contribution in [3.05, 3.63) is 65.6 Å². The Morgan fingerprint density at radius 2 is 2.09 bits per heavy atom. The molecule has 5 heteroatoms. The molecular weight excluding hydrogens is 290 g/mol. The second-order valence-electron chi connectivity index (χ2n) is 5.15. The van der Waals surface area contributed by atoms with E-state index in [1.54, 1.807) is 19.4 Å². The van der Waals surface area contributed by atoms with Gasteiger partial charge in [0.2, 0.25) is 0 Å². The van der Waals surface area contributed by atoms with Crippen molar-refractivity contribution in [2.24, 2.45) is 4.99 Å². The highest BCUT2D eigenvalue weighted by Gasteiger charge is 2.19. The van der Waals surface area contributed by atoms with Gasteiger partial charge in [0, 0.05) is 12.6 Å². The Labute approximate surface area is 134 Å². The molecule has 1 aliphatic heterocycles. The van der Waals surface area contributed by atoms with Crippen molar-refractivity contribution >= 4 is 17.8 Å². The number of amides is 1. The number of ether oxygens (including phenoxy) is 1. The molecule has 1 aliphatic rings. The molecule has 0 fully saturated rings. The summed E-state index contributed by atoms with van der Waals surface area (Å²) in [6, 6.07) is 13.4. The van der Waals surface area contributed by atoms with E-state index in [0.29, 0.717) is 18.0 Å². The number of amidine groups is 1. The van der Waals surface area contributed by atoms with E-state index in [1.807, 2.05) is 42.5 Å². The van der Waals surface area contributed by atoms with E-state index in [1.165, 1.54) is 0 Å². The normalized spacial score (nSPS) is 15.4. The number of pyridine rings is 1. The number of methoxy groups -OCH3 is 1. The third kappa shape index (κ3) is 3.83. The number of hydrogen-bond acceptors (Lipinski definition) is 4. The van der Waals surface area contributed by atoms with Crippen LogP contribution in [-0.2, 0) is 11.2 Å². The van der Waals surface area contributed by atoms with Gasteiger partial charge in [0.05, 0.1) is 12.8 Å². The topological polar surface area (TPSA) is 63.6 Å². The van der Waals surface area contributed by atoms with Gasteiger partial charge in [0.25, 0.3) is 5.91 Å². The molecule has 23 heavy (non-hydrogen) atoms. The van der Waals surface area contributed by atoms with Crippen LogP contribution in [-0.4, -0.2) is 23.8 Å². The lowest BCUT2D eigenvalue weighted by Gasteiger charge is -2.04. The SMILES string of the molecule is COc1cccc(CCC2=N/C(=C/c3ccccn3)C(=O)N2)c1. The van der Waals surface area contributed by atoms with Gasteiger partial charge in [0.1, 0.15) is 17.3 Å². The van der Waals surface area contributed by atoms with Crippen LogP contribution in [0, 0.1) is 0 Å². The van der Waals surface area contributed by atoms with Crippen molar-refractivity contribution in [1.82, 2.24) is 10.3 Å². The number of carbonyl (C=O) groups is 1. The van der Waals surface area contributed by atoms with Gasteiger partial charge in [-0.2, -0.15) is 0 Å². The zero-order valence-corrected chi connectivity index (χ0v) is 12.8. The minimum absolute atomic E-state index is 0.184. The van der Waals surface area contributed by atoms with Crippen molar-refractivity contribution in [3.8, 4) is 5.75 Å². The van der Waals surface area contributed by atoms with Gasteiger partial charge in [0.15, 0.2) is 0 Å². The van der Waals surface area contributed by atoms with Crippen molar-refractivity contribution in [1.29, 1.82) is 0 Å². The largest absolute Gasteiger partial charge is 0.497 e. The zero-order chi connectivity index (χ0) is 16.1. The van der Waals surface area contributed by atoms with Crippen LogP contribution >= 0.6 is 0 Å². The minimum atomic E-state index is -0.184. The fourth-order valence-electron chi connectivity index (χ4n) is 2.33. The number of carbonyl (C=O) groups excluding carboxylic acids is 1. The summed E-state index contributed by atoms with van der Waals surface area (Å²) in [5.74, 6) is 1.33. The summed E-state index contributed by atoms with van der Waals surface area (Å²) in [6.45, 7) is 0. The molecule has 0 saturated carbocycles. The van der Waals surface area contributed by atoms with E-state index >= 15 is 0 Å². The lowest BCUT2D eigenvalue weighted by molar-refractivity contribution is -0.115. The number of aliphatic imine (C=N–C) groups is 1. The van der Waals surface area contributed by atoms with Crippen LogP contribution in [0.3, 0.4) is 0 Å². The Morgan fingerprint density at radius 3 is 2.87 bits per heavy atom. The van der Waals surface area contributed by atoms with E-state index in [0.717, 1.165) is 23.4 Å². The molecule has 0 atom stereocenters. The van der Waals surface area contributed by atoms with Crippen molar-refractivity contribution in [3.63, 3.8) is 0 Å². The predicted octanol–water partition coefficient (Wildman–Crippen LogP) is 2.59. The number of nitrogens with zero attached hydrogens (tertiary/aromatic N) is 2. The summed E-state index contributed by atoms with van der Waals surface area (Å²) >= 11 is 0. The smallest absolute Gasteiger partial charge is 0.275 e. The summed E-state index contributed by atoms with van der Waals surface area (Å²) in [6.07, 6.45) is 4.83. The minimum Gasteiger partial charge on any atom is -0.497 e. The number of rotatable bonds is 5. The van der Waals surface area contributed by atoms with Gasteiger partial charge in [-0.15, -0.1) is 0 Å². The predicted molar refractivity (Wildman–Crippen MR) is 89.1 cm³/mol.